The number of halogens is 2. The standard InChI is InChI=1S/C16H20F2O/c1-2-11-5-3-6-12(9-11)15(19)10-13-7-4-8-14(17)16(13)18/h4,7-8,11-12H,2-3,5-6,9-10H2,1H3. The third-order valence-corrected chi connectivity index (χ3v) is 4.21. The van der Waals surface area contributed by atoms with Crippen molar-refractivity contribution < 1.29 is 13.6 Å². The first-order chi connectivity index (χ1) is 9.11. The van der Waals surface area contributed by atoms with Gasteiger partial charge < -0.3 is 0 Å². The van der Waals surface area contributed by atoms with E-state index in [1.54, 1.807) is 0 Å². The van der Waals surface area contributed by atoms with Crippen LogP contribution in [0.2, 0.25) is 0 Å². The summed E-state index contributed by atoms with van der Waals surface area (Å²) in [5.41, 5.74) is 0.184. The van der Waals surface area contributed by atoms with Crippen LogP contribution in [0.4, 0.5) is 8.78 Å². The molecular formula is C16H20F2O. The number of carbonyl (C=O) groups excluding carboxylic acids is 1. The van der Waals surface area contributed by atoms with Gasteiger partial charge in [-0.1, -0.05) is 38.3 Å². The van der Waals surface area contributed by atoms with Crippen molar-refractivity contribution in [3.8, 4) is 0 Å². The fraction of sp³-hybridized carbons (Fsp3) is 0.562. The Kier molecular flexibility index (Phi) is 4.67. The van der Waals surface area contributed by atoms with Gasteiger partial charge in [0.15, 0.2) is 11.6 Å². The quantitative estimate of drug-likeness (QED) is 0.794. The molecule has 1 fully saturated rings. The van der Waals surface area contributed by atoms with E-state index in [0.29, 0.717) is 5.92 Å². The smallest absolute Gasteiger partial charge is 0.162 e. The van der Waals surface area contributed by atoms with Crippen molar-refractivity contribution in [3.63, 3.8) is 0 Å². The van der Waals surface area contributed by atoms with E-state index in [1.807, 2.05) is 0 Å². The molecule has 2 atom stereocenters. The Morgan fingerprint density at radius 2 is 2.11 bits per heavy atom. The number of benzene rings is 1. The molecule has 1 aromatic rings. The molecule has 1 aromatic carbocycles. The number of rotatable bonds is 4. The molecule has 0 saturated heterocycles. The first-order valence-corrected chi connectivity index (χ1v) is 7.07. The molecule has 1 aliphatic rings. The van der Waals surface area contributed by atoms with E-state index in [-0.39, 0.29) is 23.7 Å². The van der Waals surface area contributed by atoms with Gasteiger partial charge in [0, 0.05) is 12.3 Å². The van der Waals surface area contributed by atoms with Gasteiger partial charge >= 0.3 is 0 Å². The minimum absolute atomic E-state index is 0.0185. The van der Waals surface area contributed by atoms with E-state index in [0.717, 1.165) is 31.7 Å². The van der Waals surface area contributed by atoms with Gasteiger partial charge in [-0.15, -0.1) is 0 Å². The number of hydrogen-bond donors (Lipinski definition) is 0. The van der Waals surface area contributed by atoms with Crippen molar-refractivity contribution in [1.29, 1.82) is 0 Å². The molecule has 0 bridgehead atoms. The molecule has 19 heavy (non-hydrogen) atoms. The Hall–Kier alpha value is -1.25. The third-order valence-electron chi connectivity index (χ3n) is 4.21. The lowest BCUT2D eigenvalue weighted by atomic mass is 9.77. The lowest BCUT2D eigenvalue weighted by Gasteiger charge is -2.27. The van der Waals surface area contributed by atoms with Crippen LogP contribution in [0.5, 0.6) is 0 Å². The van der Waals surface area contributed by atoms with E-state index in [2.05, 4.69) is 6.92 Å². The minimum Gasteiger partial charge on any atom is -0.299 e. The maximum absolute atomic E-state index is 13.5. The van der Waals surface area contributed by atoms with Gasteiger partial charge in [0.2, 0.25) is 0 Å². The zero-order valence-corrected chi connectivity index (χ0v) is 11.3. The van der Waals surface area contributed by atoms with Gasteiger partial charge in [0.1, 0.15) is 5.78 Å². The first-order valence-electron chi connectivity index (χ1n) is 7.07. The molecule has 0 amide bonds. The molecule has 0 radical (unpaired) electrons. The van der Waals surface area contributed by atoms with Crippen molar-refractivity contribution in [2.75, 3.05) is 0 Å². The summed E-state index contributed by atoms with van der Waals surface area (Å²) in [5.74, 6) is -1.05. The number of hydrogen-bond acceptors (Lipinski definition) is 1. The van der Waals surface area contributed by atoms with Crippen LogP contribution < -0.4 is 0 Å². The average Bonchev–Trinajstić information content (AvgIpc) is 2.44. The molecule has 0 aliphatic heterocycles. The van der Waals surface area contributed by atoms with Crippen LogP contribution >= 0.6 is 0 Å². The summed E-state index contributed by atoms with van der Waals surface area (Å²) in [7, 11) is 0. The van der Waals surface area contributed by atoms with E-state index in [9.17, 15) is 13.6 Å². The van der Waals surface area contributed by atoms with Gasteiger partial charge in [-0.3, -0.25) is 4.79 Å². The van der Waals surface area contributed by atoms with Gasteiger partial charge in [-0.25, -0.2) is 8.78 Å². The van der Waals surface area contributed by atoms with E-state index in [4.69, 9.17) is 0 Å². The summed E-state index contributed by atoms with van der Waals surface area (Å²) in [6, 6.07) is 4.03. The fourth-order valence-corrected chi connectivity index (χ4v) is 2.97. The molecule has 1 saturated carbocycles. The second kappa shape index (κ2) is 6.27. The summed E-state index contributed by atoms with van der Waals surface area (Å²) in [4.78, 5) is 12.2. The van der Waals surface area contributed by atoms with Crippen molar-refractivity contribution >= 4 is 5.78 Å². The summed E-state index contributed by atoms with van der Waals surface area (Å²) in [5, 5.41) is 0. The predicted octanol–water partition coefficient (Wildman–Crippen LogP) is 4.29. The zero-order valence-electron chi connectivity index (χ0n) is 11.3. The molecule has 1 aliphatic carbocycles. The summed E-state index contributed by atoms with van der Waals surface area (Å²) in [6.07, 6.45) is 5.18. The Labute approximate surface area is 113 Å². The van der Waals surface area contributed by atoms with Crippen molar-refractivity contribution in [2.24, 2.45) is 11.8 Å². The van der Waals surface area contributed by atoms with E-state index < -0.39 is 11.6 Å². The third kappa shape index (κ3) is 3.40. The molecule has 0 spiro atoms. The van der Waals surface area contributed by atoms with Gasteiger partial charge in [0.25, 0.3) is 0 Å². The highest BCUT2D eigenvalue weighted by Gasteiger charge is 2.26. The molecule has 104 valence electrons. The van der Waals surface area contributed by atoms with Crippen LogP contribution in [-0.4, -0.2) is 5.78 Å². The molecule has 3 heteroatoms. The van der Waals surface area contributed by atoms with Crippen LogP contribution in [0.25, 0.3) is 0 Å². The highest BCUT2D eigenvalue weighted by molar-refractivity contribution is 5.83. The highest BCUT2D eigenvalue weighted by atomic mass is 19.2. The molecule has 2 unspecified atom stereocenters. The zero-order chi connectivity index (χ0) is 13.8. The second-order valence-electron chi connectivity index (χ2n) is 5.49. The predicted molar refractivity (Wildman–Crippen MR) is 70.8 cm³/mol. The largest absolute Gasteiger partial charge is 0.299 e. The Balaban J connectivity index is 2.02. The number of carbonyl (C=O) groups is 1. The lowest BCUT2D eigenvalue weighted by molar-refractivity contribution is -0.123. The normalized spacial score (nSPS) is 23.3. The lowest BCUT2D eigenvalue weighted by Crippen LogP contribution is -2.24. The minimum atomic E-state index is -0.876. The maximum atomic E-state index is 13.5. The second-order valence-corrected chi connectivity index (χ2v) is 5.49. The topological polar surface area (TPSA) is 17.1 Å². The number of Topliss-reactive ketones (excluding diaryl/α,β-unsaturated/α-hetero) is 1. The Morgan fingerprint density at radius 3 is 2.84 bits per heavy atom. The van der Waals surface area contributed by atoms with Gasteiger partial charge in [0.05, 0.1) is 0 Å². The van der Waals surface area contributed by atoms with E-state index >= 15 is 0 Å². The highest BCUT2D eigenvalue weighted by Crippen LogP contribution is 2.32. The van der Waals surface area contributed by atoms with E-state index in [1.165, 1.54) is 18.6 Å². The van der Waals surface area contributed by atoms with Crippen LogP contribution in [0.15, 0.2) is 18.2 Å². The summed E-state index contributed by atoms with van der Waals surface area (Å²) < 4.78 is 26.6. The van der Waals surface area contributed by atoms with Crippen LogP contribution in [0, 0.1) is 23.5 Å². The molecular weight excluding hydrogens is 246 g/mol. The van der Waals surface area contributed by atoms with Gasteiger partial charge in [-0.2, -0.15) is 0 Å². The molecule has 0 heterocycles. The SMILES string of the molecule is CCC1CCCC(C(=O)Cc2cccc(F)c2F)C1. The van der Waals surface area contributed by atoms with Crippen LogP contribution in [0.3, 0.4) is 0 Å². The number of ketones is 1. The Morgan fingerprint density at radius 1 is 1.32 bits per heavy atom. The van der Waals surface area contributed by atoms with Crippen LogP contribution in [0.1, 0.15) is 44.6 Å². The monoisotopic (exact) mass is 266 g/mol. The fourth-order valence-electron chi connectivity index (χ4n) is 2.97. The van der Waals surface area contributed by atoms with Crippen molar-refractivity contribution in [2.45, 2.75) is 45.4 Å². The summed E-state index contributed by atoms with van der Waals surface area (Å²) in [6.45, 7) is 2.14. The molecule has 0 N–H and O–H groups in total. The van der Waals surface area contributed by atoms with Crippen molar-refractivity contribution in [1.82, 2.24) is 0 Å². The van der Waals surface area contributed by atoms with Gasteiger partial charge in [-0.05, 0) is 30.4 Å². The first kappa shape index (κ1) is 14.2. The maximum Gasteiger partial charge on any atom is 0.162 e. The molecule has 2 rings (SSSR count). The van der Waals surface area contributed by atoms with Crippen molar-refractivity contribution in [3.05, 3.63) is 35.4 Å². The summed E-state index contributed by atoms with van der Waals surface area (Å²) >= 11 is 0. The Bertz CT molecular complexity index is 456. The molecule has 1 nitrogen and oxygen atoms in total. The average molecular weight is 266 g/mol. The van der Waals surface area contributed by atoms with Crippen LogP contribution in [-0.2, 0) is 11.2 Å². The molecule has 0 aromatic heterocycles.